The number of anilines is 1. The third kappa shape index (κ3) is 2.82. The van der Waals surface area contributed by atoms with E-state index in [1.807, 2.05) is 0 Å². The highest BCUT2D eigenvalue weighted by Gasteiger charge is 2.28. The Kier molecular flexibility index (Phi) is 3.81. The molecule has 0 unspecified atom stereocenters. The second-order valence-corrected chi connectivity index (χ2v) is 4.94. The third-order valence-corrected chi connectivity index (χ3v) is 3.65. The molecule has 0 atom stereocenters. The van der Waals surface area contributed by atoms with Crippen molar-refractivity contribution in [1.29, 1.82) is 0 Å². The summed E-state index contributed by atoms with van der Waals surface area (Å²) in [4.78, 5) is 6.84. The summed E-state index contributed by atoms with van der Waals surface area (Å²) in [5, 5.41) is 1.06. The molecule has 1 saturated carbocycles. The fourth-order valence-electron chi connectivity index (χ4n) is 1.50. The van der Waals surface area contributed by atoms with Gasteiger partial charge in [-0.3, -0.25) is 0 Å². The zero-order chi connectivity index (χ0) is 10.7. The van der Waals surface area contributed by atoms with Gasteiger partial charge in [0, 0.05) is 36.4 Å². The van der Waals surface area contributed by atoms with Gasteiger partial charge in [-0.05, 0) is 26.2 Å². The Labute approximate surface area is 99.6 Å². The number of hydrogen-bond acceptors (Lipinski definition) is 4. The maximum atomic E-state index is 5.70. The molecule has 0 N–H and O–H groups in total. The van der Waals surface area contributed by atoms with Crippen molar-refractivity contribution in [3.63, 3.8) is 0 Å². The van der Waals surface area contributed by atoms with Crippen molar-refractivity contribution in [3.05, 3.63) is 5.82 Å². The van der Waals surface area contributed by atoms with Gasteiger partial charge in [0.05, 0.1) is 0 Å². The van der Waals surface area contributed by atoms with E-state index in [0.29, 0.717) is 11.8 Å². The lowest BCUT2D eigenvalue weighted by molar-refractivity contribution is 0.787. The van der Waals surface area contributed by atoms with Crippen molar-refractivity contribution in [1.82, 2.24) is 9.36 Å². The number of rotatable bonds is 6. The Balaban J connectivity index is 1.98. The van der Waals surface area contributed by atoms with Crippen molar-refractivity contribution in [3.8, 4) is 0 Å². The lowest BCUT2D eigenvalue weighted by Gasteiger charge is -2.18. The van der Waals surface area contributed by atoms with Gasteiger partial charge in [-0.1, -0.05) is 0 Å². The van der Waals surface area contributed by atoms with Gasteiger partial charge < -0.3 is 4.90 Å². The predicted molar refractivity (Wildman–Crippen MR) is 65.1 cm³/mol. The smallest absolute Gasteiger partial charge is 0.205 e. The summed E-state index contributed by atoms with van der Waals surface area (Å²) in [5.74, 6) is 2.42. The van der Waals surface area contributed by atoms with Crippen LogP contribution in [0.4, 0.5) is 5.13 Å². The molecule has 0 spiro atoms. The van der Waals surface area contributed by atoms with Crippen LogP contribution in [0.15, 0.2) is 0 Å². The van der Waals surface area contributed by atoms with Crippen molar-refractivity contribution >= 4 is 28.3 Å². The lowest BCUT2D eigenvalue weighted by Crippen LogP contribution is -2.24. The summed E-state index contributed by atoms with van der Waals surface area (Å²) in [7, 11) is 0. The van der Waals surface area contributed by atoms with Gasteiger partial charge in [-0.25, -0.2) is 4.98 Å². The minimum atomic E-state index is 0.654. The summed E-state index contributed by atoms with van der Waals surface area (Å²) in [5.41, 5.74) is 0. The fraction of sp³-hybridized carbons (Fsp3) is 0.800. The van der Waals surface area contributed by atoms with E-state index in [0.717, 1.165) is 30.5 Å². The Morgan fingerprint density at radius 3 is 2.93 bits per heavy atom. The molecule has 3 nitrogen and oxygen atoms in total. The average Bonchev–Trinajstić information content (AvgIpc) is 3.00. The normalized spacial score (nSPS) is 15.6. The van der Waals surface area contributed by atoms with Crippen LogP contribution >= 0.6 is 23.1 Å². The van der Waals surface area contributed by atoms with Gasteiger partial charge in [0.25, 0.3) is 0 Å². The summed E-state index contributed by atoms with van der Waals surface area (Å²) >= 11 is 7.22. The number of alkyl halides is 1. The number of aromatic nitrogens is 2. The van der Waals surface area contributed by atoms with Crippen molar-refractivity contribution in [2.45, 2.75) is 32.1 Å². The molecular weight excluding hydrogens is 230 g/mol. The third-order valence-electron chi connectivity index (χ3n) is 2.59. The predicted octanol–water partition coefficient (Wildman–Crippen LogP) is 2.87. The van der Waals surface area contributed by atoms with Gasteiger partial charge in [-0.15, -0.1) is 11.6 Å². The minimum Gasteiger partial charge on any atom is -0.347 e. The van der Waals surface area contributed by atoms with Crippen LogP contribution in [0.2, 0.25) is 0 Å². The monoisotopic (exact) mass is 245 g/mol. The molecule has 15 heavy (non-hydrogen) atoms. The number of nitrogens with zero attached hydrogens (tertiary/aromatic N) is 3. The zero-order valence-electron chi connectivity index (χ0n) is 8.95. The molecule has 0 amide bonds. The second-order valence-electron chi connectivity index (χ2n) is 3.83. The zero-order valence-corrected chi connectivity index (χ0v) is 10.5. The SMILES string of the molecule is CCN(CCCCl)c1nc(C2CC2)ns1. The van der Waals surface area contributed by atoms with E-state index in [4.69, 9.17) is 11.6 Å². The van der Waals surface area contributed by atoms with Crippen molar-refractivity contribution < 1.29 is 0 Å². The Hall–Kier alpha value is -0.350. The van der Waals surface area contributed by atoms with Crippen LogP contribution < -0.4 is 4.90 Å². The Morgan fingerprint density at radius 2 is 2.33 bits per heavy atom. The standard InChI is InChI=1S/C10H16ClN3S/c1-2-14(7-3-6-11)10-12-9(13-15-10)8-4-5-8/h8H,2-7H2,1H3. The summed E-state index contributed by atoms with van der Waals surface area (Å²) in [6.45, 7) is 4.11. The van der Waals surface area contributed by atoms with Crippen LogP contribution in [0.5, 0.6) is 0 Å². The molecule has 1 aliphatic rings. The van der Waals surface area contributed by atoms with Crippen LogP contribution in [-0.4, -0.2) is 28.3 Å². The molecule has 1 aromatic heterocycles. The quantitative estimate of drug-likeness (QED) is 0.722. The van der Waals surface area contributed by atoms with Gasteiger partial charge in [-0.2, -0.15) is 4.37 Å². The molecule has 0 aliphatic heterocycles. The van der Waals surface area contributed by atoms with Crippen LogP contribution in [0.25, 0.3) is 0 Å². The van der Waals surface area contributed by atoms with Crippen LogP contribution in [0.3, 0.4) is 0 Å². The largest absolute Gasteiger partial charge is 0.347 e. The molecule has 0 aromatic carbocycles. The summed E-state index contributed by atoms with van der Waals surface area (Å²) < 4.78 is 4.41. The fourth-order valence-corrected chi connectivity index (χ4v) is 2.46. The van der Waals surface area contributed by atoms with E-state index in [1.54, 1.807) is 0 Å². The second kappa shape index (κ2) is 5.12. The van der Waals surface area contributed by atoms with E-state index in [9.17, 15) is 0 Å². The highest BCUT2D eigenvalue weighted by Crippen LogP contribution is 2.39. The topological polar surface area (TPSA) is 29.0 Å². The highest BCUT2D eigenvalue weighted by molar-refractivity contribution is 7.09. The molecule has 1 aliphatic carbocycles. The average molecular weight is 246 g/mol. The molecule has 0 bridgehead atoms. The Morgan fingerprint density at radius 1 is 1.53 bits per heavy atom. The maximum absolute atomic E-state index is 5.70. The number of halogens is 1. The van der Waals surface area contributed by atoms with E-state index in [1.165, 1.54) is 24.4 Å². The van der Waals surface area contributed by atoms with Gasteiger partial charge >= 0.3 is 0 Å². The summed E-state index contributed by atoms with van der Waals surface area (Å²) in [6, 6.07) is 0. The molecule has 1 heterocycles. The first-order valence-corrected chi connectivity index (χ1v) is 6.80. The van der Waals surface area contributed by atoms with Crippen molar-refractivity contribution in [2.24, 2.45) is 0 Å². The molecule has 1 fully saturated rings. The summed E-state index contributed by atoms with van der Waals surface area (Å²) in [6.07, 6.45) is 3.54. The number of hydrogen-bond donors (Lipinski definition) is 0. The molecule has 84 valence electrons. The van der Waals surface area contributed by atoms with Crippen LogP contribution in [0, 0.1) is 0 Å². The molecule has 2 rings (SSSR count). The first-order chi connectivity index (χ1) is 7.35. The van der Waals surface area contributed by atoms with E-state index in [2.05, 4.69) is 21.2 Å². The lowest BCUT2D eigenvalue weighted by atomic mass is 10.4. The Bertz CT molecular complexity index is 311. The van der Waals surface area contributed by atoms with Crippen molar-refractivity contribution in [2.75, 3.05) is 23.9 Å². The molecule has 0 saturated heterocycles. The first-order valence-electron chi connectivity index (χ1n) is 5.49. The van der Waals surface area contributed by atoms with E-state index >= 15 is 0 Å². The van der Waals surface area contributed by atoms with Crippen LogP contribution in [0.1, 0.15) is 37.9 Å². The van der Waals surface area contributed by atoms with Crippen LogP contribution in [-0.2, 0) is 0 Å². The molecular formula is C10H16ClN3S. The van der Waals surface area contributed by atoms with E-state index in [-0.39, 0.29) is 0 Å². The van der Waals surface area contributed by atoms with E-state index < -0.39 is 0 Å². The minimum absolute atomic E-state index is 0.654. The van der Waals surface area contributed by atoms with Gasteiger partial charge in [0.15, 0.2) is 0 Å². The maximum Gasteiger partial charge on any atom is 0.205 e. The highest BCUT2D eigenvalue weighted by atomic mass is 35.5. The molecule has 0 radical (unpaired) electrons. The first kappa shape index (κ1) is 11.1. The molecule has 1 aromatic rings. The molecule has 5 heteroatoms. The van der Waals surface area contributed by atoms with Gasteiger partial charge in [0.1, 0.15) is 5.82 Å². The van der Waals surface area contributed by atoms with Gasteiger partial charge in [0.2, 0.25) is 5.13 Å².